The first-order valence-corrected chi connectivity index (χ1v) is 4.56. The molecule has 0 radical (unpaired) electrons. The van der Waals surface area contributed by atoms with Crippen LogP contribution in [0.5, 0.6) is 0 Å². The van der Waals surface area contributed by atoms with Gasteiger partial charge in [-0.05, 0) is 24.6 Å². The van der Waals surface area contributed by atoms with Crippen LogP contribution in [0.15, 0.2) is 18.2 Å². The van der Waals surface area contributed by atoms with Crippen LogP contribution in [0.25, 0.3) is 0 Å². The molecule has 68 valence electrons. The quantitative estimate of drug-likeness (QED) is 0.704. The fourth-order valence-electron chi connectivity index (χ4n) is 0.878. The normalized spacial score (nSPS) is 8.42. The zero-order chi connectivity index (χ0) is 9.56. The molecule has 0 spiro atoms. The molecular formula is C10H16ClN. The lowest BCUT2D eigenvalue weighted by Gasteiger charge is -2.04. The predicted octanol–water partition coefficient (Wildman–Crippen LogP) is 3.72. The van der Waals surface area contributed by atoms with Crippen LogP contribution in [-0.4, -0.2) is 7.05 Å². The Bertz CT molecular complexity index is 233. The number of hydrogen-bond donors (Lipinski definition) is 1. The van der Waals surface area contributed by atoms with E-state index in [1.807, 2.05) is 46.0 Å². The van der Waals surface area contributed by atoms with Crippen molar-refractivity contribution in [2.75, 3.05) is 12.4 Å². The number of anilines is 1. The van der Waals surface area contributed by atoms with Crippen LogP contribution in [-0.2, 0) is 0 Å². The van der Waals surface area contributed by atoms with E-state index in [-0.39, 0.29) is 0 Å². The van der Waals surface area contributed by atoms with Crippen LogP contribution in [0, 0.1) is 6.92 Å². The van der Waals surface area contributed by atoms with Crippen LogP contribution < -0.4 is 5.32 Å². The lowest BCUT2D eigenvalue weighted by atomic mass is 10.2. The zero-order valence-corrected chi connectivity index (χ0v) is 8.87. The van der Waals surface area contributed by atoms with E-state index in [1.165, 1.54) is 0 Å². The number of rotatable bonds is 1. The minimum absolute atomic E-state index is 0.812. The van der Waals surface area contributed by atoms with Gasteiger partial charge in [0.25, 0.3) is 0 Å². The summed E-state index contributed by atoms with van der Waals surface area (Å²) in [5, 5.41) is 3.86. The second kappa shape index (κ2) is 5.90. The van der Waals surface area contributed by atoms with Crippen molar-refractivity contribution in [2.24, 2.45) is 0 Å². The van der Waals surface area contributed by atoms with E-state index >= 15 is 0 Å². The van der Waals surface area contributed by atoms with Crippen LogP contribution in [0.4, 0.5) is 5.69 Å². The molecule has 0 aliphatic heterocycles. The predicted molar refractivity (Wildman–Crippen MR) is 57.1 cm³/mol. The molecule has 0 amide bonds. The Kier molecular flexibility index (Phi) is 5.56. The highest BCUT2D eigenvalue weighted by atomic mass is 35.5. The van der Waals surface area contributed by atoms with Gasteiger partial charge in [-0.3, -0.25) is 0 Å². The number of halogens is 1. The van der Waals surface area contributed by atoms with Gasteiger partial charge in [-0.1, -0.05) is 31.5 Å². The first kappa shape index (κ1) is 11.3. The second-order valence-electron chi connectivity index (χ2n) is 2.16. The van der Waals surface area contributed by atoms with E-state index in [1.54, 1.807) is 0 Å². The topological polar surface area (TPSA) is 12.0 Å². The minimum atomic E-state index is 0.812. The van der Waals surface area contributed by atoms with Gasteiger partial charge in [0, 0.05) is 17.8 Å². The van der Waals surface area contributed by atoms with Crippen molar-refractivity contribution in [2.45, 2.75) is 20.8 Å². The van der Waals surface area contributed by atoms with Gasteiger partial charge in [0.15, 0.2) is 0 Å². The standard InChI is InChI=1S/C8H10ClN.C2H6/c1-6-7(9)4-3-5-8(6)10-2;1-2/h3-5,10H,1-2H3;1-2H3. The van der Waals surface area contributed by atoms with E-state index in [0.717, 1.165) is 16.3 Å². The van der Waals surface area contributed by atoms with Crippen molar-refractivity contribution in [3.8, 4) is 0 Å². The third-order valence-corrected chi connectivity index (χ3v) is 1.95. The largest absolute Gasteiger partial charge is 0.388 e. The molecular weight excluding hydrogens is 170 g/mol. The molecule has 0 saturated carbocycles. The summed E-state index contributed by atoms with van der Waals surface area (Å²) in [5.74, 6) is 0. The zero-order valence-electron chi connectivity index (χ0n) is 8.11. The first-order valence-electron chi connectivity index (χ1n) is 4.18. The first-order chi connectivity index (χ1) is 5.75. The molecule has 1 aromatic rings. The van der Waals surface area contributed by atoms with E-state index < -0.39 is 0 Å². The molecule has 0 saturated heterocycles. The van der Waals surface area contributed by atoms with E-state index in [9.17, 15) is 0 Å². The average Bonchev–Trinajstić information content (AvgIpc) is 2.13. The smallest absolute Gasteiger partial charge is 0.0455 e. The van der Waals surface area contributed by atoms with Crippen molar-refractivity contribution >= 4 is 17.3 Å². The monoisotopic (exact) mass is 185 g/mol. The Labute approximate surface area is 79.8 Å². The maximum atomic E-state index is 5.85. The number of benzene rings is 1. The summed E-state index contributed by atoms with van der Waals surface area (Å²) < 4.78 is 0. The van der Waals surface area contributed by atoms with E-state index in [0.29, 0.717) is 0 Å². The summed E-state index contributed by atoms with van der Waals surface area (Å²) in [7, 11) is 1.89. The molecule has 0 fully saturated rings. The fraction of sp³-hybridized carbons (Fsp3) is 0.400. The van der Waals surface area contributed by atoms with Gasteiger partial charge in [-0.2, -0.15) is 0 Å². The molecule has 1 N–H and O–H groups in total. The summed E-state index contributed by atoms with van der Waals surface area (Å²) in [5.41, 5.74) is 2.19. The molecule has 0 aliphatic carbocycles. The minimum Gasteiger partial charge on any atom is -0.388 e. The maximum Gasteiger partial charge on any atom is 0.0455 e. The molecule has 0 aromatic heterocycles. The Balaban J connectivity index is 0.000000561. The molecule has 0 heterocycles. The number of nitrogens with one attached hydrogen (secondary N) is 1. The Hall–Kier alpha value is -0.690. The van der Waals surface area contributed by atoms with E-state index in [2.05, 4.69) is 5.32 Å². The molecule has 0 atom stereocenters. The van der Waals surface area contributed by atoms with Crippen molar-refractivity contribution in [1.82, 2.24) is 0 Å². The highest BCUT2D eigenvalue weighted by molar-refractivity contribution is 6.31. The average molecular weight is 186 g/mol. The molecule has 2 heteroatoms. The van der Waals surface area contributed by atoms with Gasteiger partial charge in [0.2, 0.25) is 0 Å². The summed E-state index contributed by atoms with van der Waals surface area (Å²) in [6.45, 7) is 5.99. The lowest BCUT2D eigenvalue weighted by molar-refractivity contribution is 1.41. The molecule has 1 rings (SSSR count). The van der Waals surface area contributed by atoms with Crippen LogP contribution in [0.1, 0.15) is 19.4 Å². The molecule has 0 aliphatic rings. The van der Waals surface area contributed by atoms with Crippen molar-refractivity contribution < 1.29 is 0 Å². The third kappa shape index (κ3) is 2.74. The van der Waals surface area contributed by atoms with E-state index in [4.69, 9.17) is 11.6 Å². The maximum absolute atomic E-state index is 5.85. The second-order valence-corrected chi connectivity index (χ2v) is 2.57. The van der Waals surface area contributed by atoms with Gasteiger partial charge in [0.05, 0.1) is 0 Å². The van der Waals surface area contributed by atoms with Gasteiger partial charge >= 0.3 is 0 Å². The van der Waals surface area contributed by atoms with Crippen LogP contribution in [0.3, 0.4) is 0 Å². The fourth-order valence-corrected chi connectivity index (χ4v) is 1.05. The van der Waals surface area contributed by atoms with Crippen molar-refractivity contribution in [3.05, 3.63) is 28.8 Å². The number of hydrogen-bond acceptors (Lipinski definition) is 1. The van der Waals surface area contributed by atoms with Crippen molar-refractivity contribution in [3.63, 3.8) is 0 Å². The Morgan fingerprint density at radius 2 is 1.83 bits per heavy atom. The highest BCUT2D eigenvalue weighted by Gasteiger charge is 1.97. The molecule has 1 aromatic carbocycles. The molecule has 12 heavy (non-hydrogen) atoms. The lowest BCUT2D eigenvalue weighted by Crippen LogP contribution is -1.90. The van der Waals surface area contributed by atoms with Gasteiger partial charge < -0.3 is 5.32 Å². The molecule has 0 unspecified atom stereocenters. The van der Waals surface area contributed by atoms with Gasteiger partial charge in [-0.15, -0.1) is 0 Å². The summed E-state index contributed by atoms with van der Waals surface area (Å²) in [6.07, 6.45) is 0. The third-order valence-electron chi connectivity index (χ3n) is 1.54. The van der Waals surface area contributed by atoms with Crippen LogP contribution in [0.2, 0.25) is 5.02 Å². The summed E-state index contributed by atoms with van der Waals surface area (Å²) in [6, 6.07) is 5.82. The Morgan fingerprint density at radius 3 is 2.25 bits per heavy atom. The highest BCUT2D eigenvalue weighted by Crippen LogP contribution is 2.21. The summed E-state index contributed by atoms with van der Waals surface area (Å²) in [4.78, 5) is 0. The SMILES string of the molecule is CC.CNc1cccc(Cl)c1C. The van der Waals surface area contributed by atoms with Crippen molar-refractivity contribution in [1.29, 1.82) is 0 Å². The Morgan fingerprint density at radius 1 is 1.25 bits per heavy atom. The molecule has 0 bridgehead atoms. The molecule has 1 nitrogen and oxygen atoms in total. The summed E-state index contributed by atoms with van der Waals surface area (Å²) >= 11 is 5.85. The van der Waals surface area contributed by atoms with Gasteiger partial charge in [-0.25, -0.2) is 0 Å². The van der Waals surface area contributed by atoms with Gasteiger partial charge in [0.1, 0.15) is 0 Å². The van der Waals surface area contributed by atoms with Crippen LogP contribution >= 0.6 is 11.6 Å².